The number of rotatable bonds is 4. The van der Waals surface area contributed by atoms with Gasteiger partial charge in [0.05, 0.1) is 18.9 Å². The van der Waals surface area contributed by atoms with Gasteiger partial charge in [0.2, 0.25) is 0 Å². The number of morpholine rings is 1. The third-order valence-corrected chi connectivity index (χ3v) is 4.44. The molecule has 0 unspecified atom stereocenters. The Labute approximate surface area is 146 Å². The molecule has 0 bridgehead atoms. The van der Waals surface area contributed by atoms with Crippen LogP contribution in [0.3, 0.4) is 0 Å². The van der Waals surface area contributed by atoms with Crippen molar-refractivity contribution in [2.75, 3.05) is 26.3 Å². The van der Waals surface area contributed by atoms with Crippen molar-refractivity contribution in [1.29, 1.82) is 0 Å². The van der Waals surface area contributed by atoms with E-state index in [1.165, 1.54) is 6.07 Å². The van der Waals surface area contributed by atoms with E-state index in [1.807, 2.05) is 47.3 Å². The summed E-state index contributed by atoms with van der Waals surface area (Å²) in [6, 6.07) is 16.7. The molecule has 0 radical (unpaired) electrons. The largest absolute Gasteiger partial charge is 0.379 e. The van der Waals surface area contributed by atoms with Crippen LogP contribution in [0.25, 0.3) is 16.9 Å². The predicted molar refractivity (Wildman–Crippen MR) is 95.1 cm³/mol. The molecule has 2 heterocycles. The van der Waals surface area contributed by atoms with Gasteiger partial charge in [-0.2, -0.15) is 5.10 Å². The summed E-state index contributed by atoms with van der Waals surface area (Å²) in [6.45, 7) is 3.98. The third-order valence-electron chi connectivity index (χ3n) is 4.44. The number of halogens is 1. The van der Waals surface area contributed by atoms with Crippen LogP contribution in [0.2, 0.25) is 0 Å². The van der Waals surface area contributed by atoms with Crippen LogP contribution >= 0.6 is 0 Å². The van der Waals surface area contributed by atoms with E-state index in [1.54, 1.807) is 12.1 Å². The van der Waals surface area contributed by atoms with Crippen LogP contribution < -0.4 is 0 Å². The predicted octanol–water partition coefficient (Wildman–Crippen LogP) is 3.51. The molecule has 1 fully saturated rings. The zero-order valence-electron chi connectivity index (χ0n) is 13.9. The fraction of sp³-hybridized carbons (Fsp3) is 0.250. The highest BCUT2D eigenvalue weighted by Gasteiger charge is 2.19. The Bertz CT molecular complexity index is 841. The number of hydrogen-bond donors (Lipinski definition) is 0. The maximum absolute atomic E-state index is 14.4. The number of nitrogens with zero attached hydrogens (tertiary/aromatic N) is 3. The van der Waals surface area contributed by atoms with Gasteiger partial charge in [0.15, 0.2) is 0 Å². The highest BCUT2D eigenvalue weighted by atomic mass is 19.1. The normalized spacial score (nSPS) is 15.4. The molecule has 5 heteroatoms. The molecule has 4 nitrogen and oxygen atoms in total. The zero-order valence-corrected chi connectivity index (χ0v) is 13.9. The molecule has 0 N–H and O–H groups in total. The van der Waals surface area contributed by atoms with Gasteiger partial charge in [-0.1, -0.05) is 30.3 Å². The van der Waals surface area contributed by atoms with Crippen LogP contribution in [0, 0.1) is 5.82 Å². The van der Waals surface area contributed by atoms with Crippen LogP contribution in [-0.4, -0.2) is 41.0 Å². The summed E-state index contributed by atoms with van der Waals surface area (Å²) in [4.78, 5) is 2.32. The molecule has 25 heavy (non-hydrogen) atoms. The van der Waals surface area contributed by atoms with Crippen molar-refractivity contribution in [3.8, 4) is 16.9 Å². The van der Waals surface area contributed by atoms with Gasteiger partial charge in [0, 0.05) is 37.0 Å². The smallest absolute Gasteiger partial charge is 0.132 e. The van der Waals surface area contributed by atoms with Crippen molar-refractivity contribution in [3.05, 3.63) is 72.2 Å². The first-order chi connectivity index (χ1) is 12.3. The minimum absolute atomic E-state index is 0.246. The minimum Gasteiger partial charge on any atom is -0.379 e. The average Bonchev–Trinajstić information content (AvgIpc) is 3.07. The van der Waals surface area contributed by atoms with E-state index in [4.69, 9.17) is 9.84 Å². The Morgan fingerprint density at radius 1 is 0.960 bits per heavy atom. The maximum Gasteiger partial charge on any atom is 0.132 e. The van der Waals surface area contributed by atoms with Crippen molar-refractivity contribution < 1.29 is 9.13 Å². The molecule has 2 aromatic carbocycles. The Hall–Kier alpha value is -2.50. The van der Waals surface area contributed by atoms with Crippen molar-refractivity contribution in [2.24, 2.45) is 0 Å². The van der Waals surface area contributed by atoms with E-state index in [0.717, 1.165) is 44.1 Å². The van der Waals surface area contributed by atoms with E-state index in [-0.39, 0.29) is 5.82 Å². The lowest BCUT2D eigenvalue weighted by Crippen LogP contribution is -2.35. The summed E-state index contributed by atoms with van der Waals surface area (Å²) in [5.74, 6) is -0.246. The number of benzene rings is 2. The van der Waals surface area contributed by atoms with Crippen molar-refractivity contribution in [2.45, 2.75) is 6.54 Å². The van der Waals surface area contributed by atoms with E-state index >= 15 is 0 Å². The molecule has 1 aromatic heterocycles. The first-order valence-corrected chi connectivity index (χ1v) is 8.50. The first kappa shape index (κ1) is 16.0. The van der Waals surface area contributed by atoms with Gasteiger partial charge in [-0.25, -0.2) is 9.07 Å². The molecule has 0 aliphatic carbocycles. The van der Waals surface area contributed by atoms with Crippen LogP contribution in [0.5, 0.6) is 0 Å². The van der Waals surface area contributed by atoms with E-state index < -0.39 is 0 Å². The summed E-state index contributed by atoms with van der Waals surface area (Å²) < 4.78 is 21.6. The van der Waals surface area contributed by atoms with Gasteiger partial charge >= 0.3 is 0 Å². The second kappa shape index (κ2) is 7.17. The molecule has 1 aliphatic heterocycles. The van der Waals surface area contributed by atoms with Crippen LogP contribution in [-0.2, 0) is 11.3 Å². The Morgan fingerprint density at radius 3 is 2.44 bits per heavy atom. The molecular formula is C20H20FN3O. The maximum atomic E-state index is 14.4. The molecule has 1 saturated heterocycles. The molecule has 3 aromatic rings. The Balaban J connectivity index is 1.74. The molecule has 0 spiro atoms. The SMILES string of the molecule is Fc1ccccc1-c1nn(-c2ccccc2)cc1CN1CCOCC1. The van der Waals surface area contributed by atoms with Crippen LogP contribution in [0.15, 0.2) is 60.8 Å². The Morgan fingerprint density at radius 2 is 1.68 bits per heavy atom. The summed E-state index contributed by atoms with van der Waals surface area (Å²) in [7, 11) is 0. The standard InChI is InChI=1S/C20H20FN3O/c21-19-9-5-4-8-18(19)20-16(14-23-10-12-25-13-11-23)15-24(22-20)17-6-2-1-3-7-17/h1-9,15H,10-14H2. The van der Waals surface area contributed by atoms with E-state index in [9.17, 15) is 4.39 Å². The number of para-hydroxylation sites is 1. The highest BCUT2D eigenvalue weighted by Crippen LogP contribution is 2.27. The lowest BCUT2D eigenvalue weighted by molar-refractivity contribution is 0.0342. The molecule has 0 atom stereocenters. The molecule has 0 amide bonds. The number of aromatic nitrogens is 2. The fourth-order valence-electron chi connectivity index (χ4n) is 3.12. The highest BCUT2D eigenvalue weighted by molar-refractivity contribution is 5.64. The monoisotopic (exact) mass is 337 g/mol. The first-order valence-electron chi connectivity index (χ1n) is 8.50. The van der Waals surface area contributed by atoms with Crippen molar-refractivity contribution in [3.63, 3.8) is 0 Å². The van der Waals surface area contributed by atoms with Gasteiger partial charge in [-0.15, -0.1) is 0 Å². The van der Waals surface area contributed by atoms with E-state index in [2.05, 4.69) is 4.90 Å². The molecule has 0 saturated carbocycles. The minimum atomic E-state index is -0.246. The molecule has 4 rings (SSSR count). The molecule has 128 valence electrons. The number of ether oxygens (including phenoxy) is 1. The lowest BCUT2D eigenvalue weighted by atomic mass is 10.1. The second-order valence-electron chi connectivity index (χ2n) is 6.15. The van der Waals surface area contributed by atoms with E-state index in [0.29, 0.717) is 11.3 Å². The van der Waals surface area contributed by atoms with Gasteiger partial charge < -0.3 is 4.74 Å². The summed E-state index contributed by atoms with van der Waals surface area (Å²) >= 11 is 0. The van der Waals surface area contributed by atoms with Crippen molar-refractivity contribution in [1.82, 2.24) is 14.7 Å². The molecule has 1 aliphatic rings. The van der Waals surface area contributed by atoms with Gasteiger partial charge in [0.25, 0.3) is 0 Å². The molecular weight excluding hydrogens is 317 g/mol. The quantitative estimate of drug-likeness (QED) is 0.730. The van der Waals surface area contributed by atoms with Crippen LogP contribution in [0.1, 0.15) is 5.56 Å². The average molecular weight is 337 g/mol. The second-order valence-corrected chi connectivity index (χ2v) is 6.15. The van der Waals surface area contributed by atoms with Gasteiger partial charge in [-0.3, -0.25) is 4.90 Å². The van der Waals surface area contributed by atoms with Gasteiger partial charge in [-0.05, 0) is 24.3 Å². The third kappa shape index (κ3) is 3.48. The fourth-order valence-corrected chi connectivity index (χ4v) is 3.12. The topological polar surface area (TPSA) is 30.3 Å². The van der Waals surface area contributed by atoms with Crippen molar-refractivity contribution >= 4 is 0 Å². The van der Waals surface area contributed by atoms with Crippen LogP contribution in [0.4, 0.5) is 4.39 Å². The Kier molecular flexibility index (Phi) is 4.59. The van der Waals surface area contributed by atoms with Gasteiger partial charge in [0.1, 0.15) is 11.5 Å². The summed E-state index contributed by atoms with van der Waals surface area (Å²) in [5.41, 5.74) is 3.23. The summed E-state index contributed by atoms with van der Waals surface area (Å²) in [5, 5.41) is 4.70. The number of hydrogen-bond acceptors (Lipinski definition) is 3. The summed E-state index contributed by atoms with van der Waals surface area (Å²) in [6.07, 6.45) is 2.01. The lowest BCUT2D eigenvalue weighted by Gasteiger charge is -2.26. The zero-order chi connectivity index (χ0) is 17.1.